The first-order valence-corrected chi connectivity index (χ1v) is 7.67. The van der Waals surface area contributed by atoms with Gasteiger partial charge in [0.05, 0.1) is 29.9 Å². The van der Waals surface area contributed by atoms with Crippen LogP contribution in [0.1, 0.15) is 29.8 Å². The molecule has 0 radical (unpaired) electrons. The van der Waals surface area contributed by atoms with E-state index in [0.29, 0.717) is 12.1 Å². The summed E-state index contributed by atoms with van der Waals surface area (Å²) in [6, 6.07) is 14.5. The highest BCUT2D eigenvalue weighted by Crippen LogP contribution is 2.13. The first-order chi connectivity index (χ1) is 11.5. The number of benzene rings is 1. The molecule has 2 N–H and O–H groups in total. The number of amides is 2. The maximum absolute atomic E-state index is 12.0. The number of carbonyl (C=O) groups excluding carboxylic acids is 1. The Morgan fingerprint density at radius 3 is 2.58 bits per heavy atom. The second kappa shape index (κ2) is 7.97. The number of hydrogen-bond donors (Lipinski definition) is 2. The standard InChI is InChI=1S/C18H21N5O/c1-13(15-9-7-14(11-19)8-10-15)21-18(24)20-12-16-5-4-6-17(22-16)23(2)3/h4-10,13H,12H2,1-3H3,(H2,20,21,24)/t13-/m1/s1. The van der Waals surface area contributed by atoms with Crippen LogP contribution in [-0.4, -0.2) is 25.1 Å². The van der Waals surface area contributed by atoms with Crippen LogP contribution in [-0.2, 0) is 6.54 Å². The van der Waals surface area contributed by atoms with E-state index in [1.165, 1.54) is 0 Å². The lowest BCUT2D eigenvalue weighted by Gasteiger charge is -2.16. The van der Waals surface area contributed by atoms with E-state index in [2.05, 4.69) is 21.7 Å². The highest BCUT2D eigenvalue weighted by molar-refractivity contribution is 5.74. The Labute approximate surface area is 142 Å². The molecule has 1 heterocycles. The summed E-state index contributed by atoms with van der Waals surface area (Å²) in [7, 11) is 3.84. The SMILES string of the molecule is C[C@@H](NC(=O)NCc1cccc(N(C)C)n1)c1ccc(C#N)cc1. The number of carbonyl (C=O) groups is 1. The first kappa shape index (κ1) is 17.3. The highest BCUT2D eigenvalue weighted by Gasteiger charge is 2.09. The molecular weight excluding hydrogens is 302 g/mol. The second-order valence-corrected chi connectivity index (χ2v) is 5.66. The summed E-state index contributed by atoms with van der Waals surface area (Å²) < 4.78 is 0. The molecule has 0 aliphatic rings. The van der Waals surface area contributed by atoms with E-state index >= 15 is 0 Å². The van der Waals surface area contributed by atoms with Gasteiger partial charge in [-0.3, -0.25) is 0 Å². The van der Waals surface area contributed by atoms with Gasteiger partial charge in [-0.05, 0) is 36.8 Å². The van der Waals surface area contributed by atoms with Crippen molar-refractivity contribution >= 4 is 11.8 Å². The summed E-state index contributed by atoms with van der Waals surface area (Å²) in [6.45, 7) is 2.25. The van der Waals surface area contributed by atoms with Crippen LogP contribution in [0.25, 0.3) is 0 Å². The number of anilines is 1. The molecule has 0 unspecified atom stereocenters. The zero-order valence-electron chi connectivity index (χ0n) is 14.1. The Balaban J connectivity index is 1.88. The fourth-order valence-electron chi connectivity index (χ4n) is 2.16. The van der Waals surface area contributed by atoms with Crippen LogP contribution in [0.5, 0.6) is 0 Å². The van der Waals surface area contributed by atoms with E-state index in [1.807, 2.05) is 56.3 Å². The molecule has 0 saturated heterocycles. The summed E-state index contributed by atoms with van der Waals surface area (Å²) in [6.07, 6.45) is 0. The monoisotopic (exact) mass is 323 g/mol. The number of nitrogens with one attached hydrogen (secondary N) is 2. The number of nitrogens with zero attached hydrogens (tertiary/aromatic N) is 3. The molecule has 2 amide bonds. The van der Waals surface area contributed by atoms with Crippen LogP contribution in [0.3, 0.4) is 0 Å². The number of aromatic nitrogens is 1. The van der Waals surface area contributed by atoms with Gasteiger partial charge >= 0.3 is 6.03 Å². The summed E-state index contributed by atoms with van der Waals surface area (Å²) in [5.41, 5.74) is 2.33. The van der Waals surface area contributed by atoms with E-state index in [-0.39, 0.29) is 12.1 Å². The number of rotatable bonds is 5. The Morgan fingerprint density at radius 2 is 1.96 bits per heavy atom. The summed E-state index contributed by atoms with van der Waals surface area (Å²) >= 11 is 0. The highest BCUT2D eigenvalue weighted by atomic mass is 16.2. The molecule has 2 rings (SSSR count). The van der Waals surface area contributed by atoms with Gasteiger partial charge in [-0.25, -0.2) is 9.78 Å². The van der Waals surface area contributed by atoms with E-state index in [1.54, 1.807) is 12.1 Å². The van der Waals surface area contributed by atoms with Gasteiger partial charge in [-0.15, -0.1) is 0 Å². The van der Waals surface area contributed by atoms with Crippen molar-refractivity contribution in [3.8, 4) is 6.07 Å². The largest absolute Gasteiger partial charge is 0.363 e. The van der Waals surface area contributed by atoms with Crippen molar-refractivity contribution in [3.05, 3.63) is 59.3 Å². The Kier molecular flexibility index (Phi) is 5.74. The van der Waals surface area contributed by atoms with Gasteiger partial charge < -0.3 is 15.5 Å². The predicted octanol–water partition coefficient (Wildman–Crippen LogP) is 2.58. The van der Waals surface area contributed by atoms with Crippen molar-refractivity contribution in [1.29, 1.82) is 5.26 Å². The number of nitriles is 1. The number of hydrogen-bond acceptors (Lipinski definition) is 4. The van der Waals surface area contributed by atoms with Crippen LogP contribution in [0.2, 0.25) is 0 Å². The van der Waals surface area contributed by atoms with Crippen molar-refractivity contribution in [2.45, 2.75) is 19.5 Å². The summed E-state index contributed by atoms with van der Waals surface area (Å²) in [5.74, 6) is 0.848. The lowest BCUT2D eigenvalue weighted by molar-refractivity contribution is 0.237. The number of urea groups is 1. The van der Waals surface area contributed by atoms with Crippen molar-refractivity contribution in [2.24, 2.45) is 0 Å². The Morgan fingerprint density at radius 1 is 1.25 bits per heavy atom. The smallest absolute Gasteiger partial charge is 0.315 e. The molecule has 6 nitrogen and oxygen atoms in total. The molecule has 2 aromatic rings. The van der Waals surface area contributed by atoms with Crippen LogP contribution in [0.4, 0.5) is 10.6 Å². The Hall–Kier alpha value is -3.07. The van der Waals surface area contributed by atoms with Gasteiger partial charge in [-0.1, -0.05) is 18.2 Å². The molecule has 24 heavy (non-hydrogen) atoms. The summed E-state index contributed by atoms with van der Waals surface area (Å²) in [5, 5.41) is 14.5. The molecule has 124 valence electrons. The van der Waals surface area contributed by atoms with Crippen LogP contribution in [0, 0.1) is 11.3 Å². The van der Waals surface area contributed by atoms with Crippen molar-refractivity contribution in [1.82, 2.24) is 15.6 Å². The molecule has 1 aromatic heterocycles. The average Bonchev–Trinajstić information content (AvgIpc) is 2.60. The zero-order valence-corrected chi connectivity index (χ0v) is 14.1. The topological polar surface area (TPSA) is 81.1 Å². The van der Waals surface area contributed by atoms with Gasteiger partial charge in [0.15, 0.2) is 0 Å². The lowest BCUT2D eigenvalue weighted by Crippen LogP contribution is -2.36. The lowest BCUT2D eigenvalue weighted by atomic mass is 10.1. The minimum Gasteiger partial charge on any atom is -0.363 e. The Bertz CT molecular complexity index is 734. The van der Waals surface area contributed by atoms with Gasteiger partial charge in [-0.2, -0.15) is 5.26 Å². The molecule has 1 atom stereocenters. The third-order valence-corrected chi connectivity index (χ3v) is 3.57. The second-order valence-electron chi connectivity index (χ2n) is 5.66. The molecule has 0 saturated carbocycles. The van der Waals surface area contributed by atoms with Crippen molar-refractivity contribution in [3.63, 3.8) is 0 Å². The minimum absolute atomic E-state index is 0.154. The summed E-state index contributed by atoms with van der Waals surface area (Å²) in [4.78, 5) is 18.4. The molecule has 0 aliphatic heterocycles. The number of pyridine rings is 1. The third kappa shape index (κ3) is 4.71. The predicted molar refractivity (Wildman–Crippen MR) is 93.5 cm³/mol. The fourth-order valence-corrected chi connectivity index (χ4v) is 2.16. The van der Waals surface area contributed by atoms with Crippen LogP contribution < -0.4 is 15.5 Å². The quantitative estimate of drug-likeness (QED) is 0.886. The van der Waals surface area contributed by atoms with Gasteiger partial charge in [0, 0.05) is 14.1 Å². The zero-order chi connectivity index (χ0) is 17.5. The maximum atomic E-state index is 12.0. The molecule has 0 fully saturated rings. The molecular formula is C18H21N5O. The first-order valence-electron chi connectivity index (χ1n) is 7.67. The maximum Gasteiger partial charge on any atom is 0.315 e. The van der Waals surface area contributed by atoms with Crippen molar-refractivity contribution in [2.75, 3.05) is 19.0 Å². The van der Waals surface area contributed by atoms with Gasteiger partial charge in [0.25, 0.3) is 0 Å². The van der Waals surface area contributed by atoms with Crippen LogP contribution in [0.15, 0.2) is 42.5 Å². The average molecular weight is 323 g/mol. The van der Waals surface area contributed by atoms with E-state index in [0.717, 1.165) is 17.1 Å². The van der Waals surface area contributed by atoms with E-state index in [4.69, 9.17) is 5.26 Å². The molecule has 0 spiro atoms. The molecule has 1 aromatic carbocycles. The minimum atomic E-state index is -0.260. The fraction of sp³-hybridized carbons (Fsp3) is 0.278. The van der Waals surface area contributed by atoms with Gasteiger partial charge in [0.2, 0.25) is 0 Å². The molecule has 0 bridgehead atoms. The normalized spacial score (nSPS) is 11.2. The molecule has 6 heteroatoms. The third-order valence-electron chi connectivity index (χ3n) is 3.57. The van der Waals surface area contributed by atoms with E-state index in [9.17, 15) is 4.79 Å². The van der Waals surface area contributed by atoms with Crippen molar-refractivity contribution < 1.29 is 4.79 Å². The molecule has 0 aliphatic carbocycles. The van der Waals surface area contributed by atoms with Gasteiger partial charge in [0.1, 0.15) is 5.82 Å². The van der Waals surface area contributed by atoms with E-state index < -0.39 is 0 Å². The van der Waals surface area contributed by atoms with Crippen LogP contribution >= 0.6 is 0 Å².